The quantitative estimate of drug-likeness (QED) is 0.599. The molecule has 2 amide bonds. The third kappa shape index (κ3) is 8.66. The Kier molecular flexibility index (Phi) is 8.03. The lowest BCUT2D eigenvalue weighted by Gasteiger charge is -2.23. The van der Waals surface area contributed by atoms with Crippen molar-refractivity contribution in [2.75, 3.05) is 25.0 Å². The van der Waals surface area contributed by atoms with Crippen LogP contribution in [-0.4, -0.2) is 37.0 Å². The van der Waals surface area contributed by atoms with Crippen LogP contribution in [0.2, 0.25) is 0 Å². The van der Waals surface area contributed by atoms with E-state index in [1.807, 2.05) is 58.0 Å². The summed E-state index contributed by atoms with van der Waals surface area (Å²) >= 11 is 0. The molecule has 7 heteroatoms. The number of carbonyl (C=O) groups is 2. The van der Waals surface area contributed by atoms with Gasteiger partial charge in [-0.3, -0.25) is 9.59 Å². The highest BCUT2D eigenvalue weighted by Gasteiger charge is 2.20. The van der Waals surface area contributed by atoms with E-state index >= 15 is 0 Å². The van der Waals surface area contributed by atoms with Crippen molar-refractivity contribution in [1.29, 1.82) is 0 Å². The predicted octanol–water partition coefficient (Wildman–Crippen LogP) is 2.86. The summed E-state index contributed by atoms with van der Waals surface area (Å²) < 4.78 is 0. The Labute approximate surface area is 172 Å². The number of benzene rings is 2. The lowest BCUT2D eigenvalue weighted by atomic mass is 10.1. The van der Waals surface area contributed by atoms with Crippen LogP contribution in [-0.2, 0) is 9.59 Å². The number of nitrogens with zero attached hydrogens (tertiary/aromatic N) is 2. The minimum Gasteiger partial charge on any atom is -0.347 e. The van der Waals surface area contributed by atoms with Crippen LogP contribution < -0.4 is 15.5 Å². The number of amides is 2. The molecule has 29 heavy (non-hydrogen) atoms. The van der Waals surface area contributed by atoms with Crippen LogP contribution in [0.1, 0.15) is 27.7 Å². The fourth-order valence-electron chi connectivity index (χ4n) is 2.66. The maximum atomic E-state index is 12.3. The standard InChI is InChI=1S/C22H29N5O2/c1-5-27(16-21(29)24-22(2,3)4)15-20(28)23-17-11-13-19(14-12-17)26-25-18-9-7-6-8-10-18/h6-14H,5,15-16H2,1-4H3,(H,23,28)(H,24,29)/p+1. The number of rotatable bonds is 8. The zero-order chi connectivity index (χ0) is 21.3. The predicted molar refractivity (Wildman–Crippen MR) is 115 cm³/mol. The summed E-state index contributed by atoms with van der Waals surface area (Å²) in [6, 6.07) is 16.7. The van der Waals surface area contributed by atoms with E-state index in [1.165, 1.54) is 0 Å². The first-order valence-corrected chi connectivity index (χ1v) is 9.76. The average molecular weight is 397 g/mol. The largest absolute Gasteiger partial charge is 0.347 e. The Morgan fingerprint density at radius 3 is 1.97 bits per heavy atom. The molecule has 1 atom stereocenters. The molecular formula is C22H30N5O2+. The van der Waals surface area contributed by atoms with Crippen molar-refractivity contribution in [1.82, 2.24) is 5.32 Å². The van der Waals surface area contributed by atoms with Crippen LogP contribution in [0.4, 0.5) is 17.1 Å². The molecular weight excluding hydrogens is 366 g/mol. The van der Waals surface area contributed by atoms with Crippen LogP contribution in [0.15, 0.2) is 64.8 Å². The average Bonchev–Trinajstić information content (AvgIpc) is 2.66. The molecule has 0 saturated carbocycles. The van der Waals surface area contributed by atoms with Gasteiger partial charge < -0.3 is 15.5 Å². The second-order valence-electron chi connectivity index (χ2n) is 7.89. The molecule has 0 aliphatic heterocycles. The molecule has 0 aliphatic carbocycles. The maximum Gasteiger partial charge on any atom is 0.279 e. The van der Waals surface area contributed by atoms with E-state index in [0.29, 0.717) is 17.9 Å². The molecule has 0 radical (unpaired) electrons. The Morgan fingerprint density at radius 1 is 0.862 bits per heavy atom. The normalized spacial score (nSPS) is 12.6. The lowest BCUT2D eigenvalue weighted by Crippen LogP contribution is -3.14. The first-order valence-electron chi connectivity index (χ1n) is 9.76. The van der Waals surface area contributed by atoms with Crippen molar-refractivity contribution in [2.45, 2.75) is 33.2 Å². The van der Waals surface area contributed by atoms with Crippen LogP contribution in [0, 0.1) is 0 Å². The van der Waals surface area contributed by atoms with Crippen molar-refractivity contribution >= 4 is 28.9 Å². The Morgan fingerprint density at radius 2 is 1.41 bits per heavy atom. The van der Waals surface area contributed by atoms with Gasteiger partial charge in [-0.1, -0.05) is 18.2 Å². The molecule has 0 heterocycles. The molecule has 154 valence electrons. The van der Waals surface area contributed by atoms with Gasteiger partial charge in [-0.05, 0) is 64.1 Å². The van der Waals surface area contributed by atoms with E-state index in [9.17, 15) is 9.59 Å². The van der Waals surface area contributed by atoms with Gasteiger partial charge in [-0.2, -0.15) is 10.2 Å². The van der Waals surface area contributed by atoms with Gasteiger partial charge in [0.2, 0.25) is 0 Å². The SMILES string of the molecule is CC[NH+](CC(=O)Nc1ccc(N=Nc2ccccc2)cc1)CC(=O)NC(C)(C)C. The number of hydrogen-bond donors (Lipinski definition) is 3. The second-order valence-corrected chi connectivity index (χ2v) is 7.89. The number of anilines is 1. The molecule has 7 nitrogen and oxygen atoms in total. The number of likely N-dealkylation sites (N-methyl/N-ethyl adjacent to an activating group) is 1. The monoisotopic (exact) mass is 396 g/mol. The third-order valence-electron chi connectivity index (χ3n) is 4.02. The Hall–Kier alpha value is -3.06. The van der Waals surface area contributed by atoms with E-state index in [0.717, 1.165) is 10.6 Å². The fourth-order valence-corrected chi connectivity index (χ4v) is 2.66. The zero-order valence-electron chi connectivity index (χ0n) is 17.5. The minimum atomic E-state index is -0.280. The van der Waals surface area contributed by atoms with E-state index < -0.39 is 0 Å². The molecule has 0 aliphatic rings. The Balaban J connectivity index is 1.86. The smallest absolute Gasteiger partial charge is 0.279 e. The van der Waals surface area contributed by atoms with Gasteiger partial charge in [0.1, 0.15) is 0 Å². The summed E-state index contributed by atoms with van der Waals surface area (Å²) in [7, 11) is 0. The molecule has 2 aromatic carbocycles. The zero-order valence-corrected chi connectivity index (χ0v) is 17.5. The molecule has 0 spiro atoms. The molecule has 0 saturated heterocycles. The molecule has 2 aromatic rings. The van der Waals surface area contributed by atoms with Gasteiger partial charge in [0.25, 0.3) is 11.8 Å². The molecule has 2 rings (SSSR count). The van der Waals surface area contributed by atoms with Gasteiger partial charge in [-0.25, -0.2) is 0 Å². The first-order chi connectivity index (χ1) is 13.7. The minimum absolute atomic E-state index is 0.0599. The van der Waals surface area contributed by atoms with Crippen molar-refractivity contribution in [3.05, 3.63) is 54.6 Å². The summed E-state index contributed by atoms with van der Waals surface area (Å²) in [6.07, 6.45) is 0. The molecule has 0 fully saturated rings. The lowest BCUT2D eigenvalue weighted by molar-refractivity contribution is -0.881. The summed E-state index contributed by atoms with van der Waals surface area (Å²) in [4.78, 5) is 25.3. The van der Waals surface area contributed by atoms with Crippen LogP contribution in [0.25, 0.3) is 0 Å². The summed E-state index contributed by atoms with van der Waals surface area (Å²) in [5, 5.41) is 14.1. The number of nitrogens with one attached hydrogen (secondary N) is 3. The highest BCUT2D eigenvalue weighted by atomic mass is 16.2. The highest BCUT2D eigenvalue weighted by molar-refractivity contribution is 5.91. The number of quaternary nitrogens is 1. The van der Waals surface area contributed by atoms with Crippen molar-refractivity contribution in [2.24, 2.45) is 10.2 Å². The summed E-state index contributed by atoms with van der Waals surface area (Å²) in [6.45, 7) is 8.94. The van der Waals surface area contributed by atoms with Gasteiger partial charge in [0.05, 0.1) is 17.9 Å². The highest BCUT2D eigenvalue weighted by Crippen LogP contribution is 2.19. The van der Waals surface area contributed by atoms with Crippen molar-refractivity contribution in [3.63, 3.8) is 0 Å². The van der Waals surface area contributed by atoms with E-state index in [1.54, 1.807) is 24.3 Å². The van der Waals surface area contributed by atoms with Crippen LogP contribution in [0.5, 0.6) is 0 Å². The number of carbonyl (C=O) groups excluding carboxylic acids is 2. The van der Waals surface area contributed by atoms with Gasteiger partial charge >= 0.3 is 0 Å². The van der Waals surface area contributed by atoms with Crippen molar-refractivity contribution < 1.29 is 14.5 Å². The van der Waals surface area contributed by atoms with Gasteiger partial charge in [0, 0.05) is 11.2 Å². The topological polar surface area (TPSA) is 87.4 Å². The number of azo groups is 1. The van der Waals surface area contributed by atoms with Gasteiger partial charge in [-0.15, -0.1) is 0 Å². The fraction of sp³-hybridized carbons (Fsp3) is 0.364. The van der Waals surface area contributed by atoms with Gasteiger partial charge in [0.15, 0.2) is 13.1 Å². The molecule has 3 N–H and O–H groups in total. The second kappa shape index (κ2) is 10.5. The van der Waals surface area contributed by atoms with E-state index in [4.69, 9.17) is 0 Å². The van der Waals surface area contributed by atoms with Crippen LogP contribution >= 0.6 is 0 Å². The maximum absolute atomic E-state index is 12.3. The summed E-state index contributed by atoms with van der Waals surface area (Å²) in [5.74, 6) is -0.195. The van der Waals surface area contributed by atoms with E-state index in [-0.39, 0.29) is 30.4 Å². The molecule has 1 unspecified atom stereocenters. The third-order valence-corrected chi connectivity index (χ3v) is 4.02. The van der Waals surface area contributed by atoms with E-state index in [2.05, 4.69) is 20.9 Å². The molecule has 0 aromatic heterocycles. The molecule has 0 bridgehead atoms. The van der Waals surface area contributed by atoms with Crippen molar-refractivity contribution in [3.8, 4) is 0 Å². The first kappa shape index (κ1) is 22.2. The Bertz CT molecular complexity index is 827. The summed E-state index contributed by atoms with van der Waals surface area (Å²) in [5.41, 5.74) is 1.88. The van der Waals surface area contributed by atoms with Crippen LogP contribution in [0.3, 0.4) is 0 Å². The number of hydrogen-bond acceptors (Lipinski definition) is 4.